The van der Waals surface area contributed by atoms with Gasteiger partial charge in [-0.2, -0.15) is 0 Å². The molecule has 10 nitrogen and oxygen atoms in total. The molecule has 0 spiro atoms. The Morgan fingerprint density at radius 3 is 2.37 bits per heavy atom. The molecule has 3 aromatic rings. The van der Waals surface area contributed by atoms with Crippen molar-refractivity contribution < 1.29 is 28.8 Å². The highest BCUT2D eigenvalue weighted by atomic mass is 35.5. The van der Waals surface area contributed by atoms with E-state index in [4.69, 9.17) is 16.3 Å². The number of carbonyl (C=O) groups excluding carboxylic acids is 4. The fourth-order valence-corrected chi connectivity index (χ4v) is 3.69. The maximum absolute atomic E-state index is 12.9. The van der Waals surface area contributed by atoms with E-state index in [9.17, 15) is 29.3 Å². The third kappa shape index (κ3) is 4.46. The predicted octanol–water partition coefficient (Wildman–Crippen LogP) is 4.23. The molecule has 0 bridgehead atoms. The molecule has 1 aliphatic heterocycles. The Labute approximate surface area is 203 Å². The standard InChI is InChI=1S/C24H16ClN3O7/c1-13(21(29)26-18-7-3-5-9-20(18)28(33)34)35-24(32)14-10-11-15-16(12-14)23(31)27(22(15)30)19-8-4-2-6-17(19)25/h2-13H,1H3,(H,26,29). The predicted molar refractivity (Wildman–Crippen MR) is 126 cm³/mol. The van der Waals surface area contributed by atoms with Crippen LogP contribution in [0.25, 0.3) is 0 Å². The van der Waals surface area contributed by atoms with Crippen LogP contribution in [0.1, 0.15) is 38.0 Å². The number of carbonyl (C=O) groups is 4. The van der Waals surface area contributed by atoms with E-state index < -0.39 is 34.7 Å². The molecule has 1 aliphatic rings. The Bertz CT molecular complexity index is 1410. The van der Waals surface area contributed by atoms with Gasteiger partial charge in [-0.3, -0.25) is 24.5 Å². The van der Waals surface area contributed by atoms with Crippen molar-refractivity contribution in [3.05, 3.63) is 98.6 Å². The average Bonchev–Trinajstić information content (AvgIpc) is 3.08. The van der Waals surface area contributed by atoms with Gasteiger partial charge in [0.1, 0.15) is 5.69 Å². The van der Waals surface area contributed by atoms with Crippen LogP contribution in [0.3, 0.4) is 0 Å². The summed E-state index contributed by atoms with van der Waals surface area (Å²) in [4.78, 5) is 62.2. The van der Waals surface area contributed by atoms with E-state index in [2.05, 4.69) is 5.32 Å². The van der Waals surface area contributed by atoms with Crippen molar-refractivity contribution >= 4 is 52.4 Å². The number of nitro benzene ring substituents is 1. The lowest BCUT2D eigenvalue weighted by atomic mass is 10.1. The summed E-state index contributed by atoms with van der Waals surface area (Å²) >= 11 is 6.14. The molecule has 0 fully saturated rings. The topological polar surface area (TPSA) is 136 Å². The first-order chi connectivity index (χ1) is 16.7. The van der Waals surface area contributed by atoms with Gasteiger partial charge in [0, 0.05) is 6.07 Å². The van der Waals surface area contributed by atoms with Gasteiger partial charge in [0.15, 0.2) is 6.10 Å². The number of nitro groups is 1. The number of hydrogen-bond acceptors (Lipinski definition) is 7. The lowest BCUT2D eigenvalue weighted by molar-refractivity contribution is -0.383. The summed E-state index contributed by atoms with van der Waals surface area (Å²) in [5.41, 5.74) is -0.132. The van der Waals surface area contributed by atoms with Crippen LogP contribution in [-0.2, 0) is 9.53 Å². The Morgan fingerprint density at radius 1 is 1.00 bits per heavy atom. The summed E-state index contributed by atoms with van der Waals surface area (Å²) in [6.45, 7) is 1.29. The number of nitrogens with zero attached hydrogens (tertiary/aromatic N) is 2. The van der Waals surface area contributed by atoms with Gasteiger partial charge < -0.3 is 10.1 Å². The van der Waals surface area contributed by atoms with Crippen LogP contribution in [0.2, 0.25) is 5.02 Å². The Balaban J connectivity index is 1.50. The van der Waals surface area contributed by atoms with Gasteiger partial charge >= 0.3 is 5.97 Å². The second-order valence-corrected chi connectivity index (χ2v) is 7.88. The molecule has 11 heteroatoms. The number of amides is 3. The summed E-state index contributed by atoms with van der Waals surface area (Å²) in [6.07, 6.45) is -1.31. The van der Waals surface area contributed by atoms with E-state index in [1.807, 2.05) is 0 Å². The number of hydrogen-bond donors (Lipinski definition) is 1. The molecule has 0 aromatic heterocycles. The molecule has 1 atom stereocenters. The van der Waals surface area contributed by atoms with Crippen molar-refractivity contribution in [1.29, 1.82) is 0 Å². The monoisotopic (exact) mass is 493 g/mol. The summed E-state index contributed by atoms with van der Waals surface area (Å²) in [6, 6.07) is 15.7. The van der Waals surface area contributed by atoms with Crippen molar-refractivity contribution in [3.63, 3.8) is 0 Å². The molecule has 0 radical (unpaired) electrons. The van der Waals surface area contributed by atoms with Gasteiger partial charge in [-0.05, 0) is 43.3 Å². The number of rotatable bonds is 6. The van der Waals surface area contributed by atoms with Gasteiger partial charge in [0.05, 0.1) is 32.3 Å². The van der Waals surface area contributed by atoms with Crippen LogP contribution in [0, 0.1) is 10.1 Å². The quantitative estimate of drug-likeness (QED) is 0.235. The molecule has 0 saturated heterocycles. The molecule has 35 heavy (non-hydrogen) atoms. The first-order valence-electron chi connectivity index (χ1n) is 10.2. The summed E-state index contributed by atoms with van der Waals surface area (Å²) in [5.74, 6) is -2.95. The summed E-state index contributed by atoms with van der Waals surface area (Å²) in [7, 11) is 0. The largest absolute Gasteiger partial charge is 0.449 e. The SMILES string of the molecule is CC(OC(=O)c1ccc2c(c1)C(=O)N(c1ccccc1Cl)C2=O)C(=O)Nc1ccccc1[N+](=O)[O-]. The minimum Gasteiger partial charge on any atom is -0.449 e. The number of esters is 1. The van der Waals surface area contributed by atoms with E-state index in [-0.39, 0.29) is 38.8 Å². The number of para-hydroxylation sites is 3. The van der Waals surface area contributed by atoms with Crippen LogP contribution in [0.5, 0.6) is 0 Å². The highest BCUT2D eigenvalue weighted by Gasteiger charge is 2.38. The van der Waals surface area contributed by atoms with Crippen LogP contribution < -0.4 is 10.2 Å². The van der Waals surface area contributed by atoms with E-state index in [1.54, 1.807) is 18.2 Å². The molecule has 1 N–H and O–H groups in total. The number of benzene rings is 3. The minimum absolute atomic E-state index is 0.0126. The average molecular weight is 494 g/mol. The van der Waals surface area contributed by atoms with Crippen molar-refractivity contribution in [2.24, 2.45) is 0 Å². The fraction of sp³-hybridized carbons (Fsp3) is 0.0833. The lowest BCUT2D eigenvalue weighted by Crippen LogP contribution is -2.30. The molecule has 0 saturated carbocycles. The first kappa shape index (κ1) is 23.6. The van der Waals surface area contributed by atoms with Gasteiger partial charge in [-0.15, -0.1) is 0 Å². The van der Waals surface area contributed by atoms with Crippen molar-refractivity contribution in [3.8, 4) is 0 Å². The molecular formula is C24H16ClN3O7. The Morgan fingerprint density at radius 2 is 1.66 bits per heavy atom. The summed E-state index contributed by atoms with van der Waals surface area (Å²) in [5, 5.41) is 13.7. The van der Waals surface area contributed by atoms with Crippen LogP contribution in [-0.4, -0.2) is 34.7 Å². The number of fused-ring (bicyclic) bond motifs is 1. The van der Waals surface area contributed by atoms with Gasteiger partial charge in [-0.25, -0.2) is 9.69 Å². The molecular weight excluding hydrogens is 478 g/mol. The van der Waals surface area contributed by atoms with Gasteiger partial charge in [0.25, 0.3) is 23.4 Å². The first-order valence-corrected chi connectivity index (χ1v) is 10.6. The number of anilines is 2. The normalized spacial score (nSPS) is 13.3. The second kappa shape index (κ2) is 9.35. The zero-order valence-electron chi connectivity index (χ0n) is 18.1. The highest BCUT2D eigenvalue weighted by molar-refractivity contribution is 6.39. The minimum atomic E-state index is -1.31. The maximum atomic E-state index is 12.9. The lowest BCUT2D eigenvalue weighted by Gasteiger charge is -2.15. The van der Waals surface area contributed by atoms with Crippen molar-refractivity contribution in [2.45, 2.75) is 13.0 Å². The highest BCUT2D eigenvalue weighted by Crippen LogP contribution is 2.33. The van der Waals surface area contributed by atoms with Gasteiger partial charge in [-0.1, -0.05) is 35.9 Å². The molecule has 3 aromatic carbocycles. The zero-order chi connectivity index (χ0) is 25.3. The maximum Gasteiger partial charge on any atom is 0.338 e. The molecule has 1 heterocycles. The third-order valence-electron chi connectivity index (χ3n) is 5.23. The van der Waals surface area contributed by atoms with E-state index >= 15 is 0 Å². The second-order valence-electron chi connectivity index (χ2n) is 7.47. The van der Waals surface area contributed by atoms with Crippen LogP contribution in [0.15, 0.2) is 66.7 Å². The summed E-state index contributed by atoms with van der Waals surface area (Å²) < 4.78 is 5.17. The number of ether oxygens (including phenoxy) is 1. The number of halogens is 1. The van der Waals surface area contributed by atoms with Crippen LogP contribution in [0.4, 0.5) is 17.1 Å². The fourth-order valence-electron chi connectivity index (χ4n) is 3.47. The third-order valence-corrected chi connectivity index (χ3v) is 5.55. The van der Waals surface area contributed by atoms with Crippen molar-refractivity contribution in [2.75, 3.05) is 10.2 Å². The Hall–Kier alpha value is -4.57. The smallest absolute Gasteiger partial charge is 0.338 e. The Kier molecular flexibility index (Phi) is 6.30. The molecule has 1 unspecified atom stereocenters. The molecule has 0 aliphatic carbocycles. The number of imide groups is 1. The molecule has 3 amide bonds. The van der Waals surface area contributed by atoms with E-state index in [1.165, 1.54) is 55.5 Å². The van der Waals surface area contributed by atoms with E-state index in [0.717, 1.165) is 4.90 Å². The zero-order valence-corrected chi connectivity index (χ0v) is 18.8. The van der Waals surface area contributed by atoms with Crippen LogP contribution >= 0.6 is 11.6 Å². The van der Waals surface area contributed by atoms with Gasteiger partial charge in [0.2, 0.25) is 0 Å². The van der Waals surface area contributed by atoms with Crippen molar-refractivity contribution in [1.82, 2.24) is 0 Å². The number of nitrogens with one attached hydrogen (secondary N) is 1. The molecule has 176 valence electrons. The molecule has 4 rings (SSSR count). The van der Waals surface area contributed by atoms with E-state index in [0.29, 0.717) is 0 Å².